The Morgan fingerprint density at radius 2 is 2.14 bits per heavy atom. The number of carbonyl (C=O) groups is 1. The molecular formula is C11H17ClO2. The molecule has 3 heteroatoms. The third-order valence-corrected chi connectivity index (χ3v) is 2.65. The van der Waals surface area contributed by atoms with E-state index in [1.165, 1.54) is 19.8 Å². The van der Waals surface area contributed by atoms with E-state index in [0.717, 1.165) is 30.7 Å². The van der Waals surface area contributed by atoms with E-state index < -0.39 is 0 Å². The van der Waals surface area contributed by atoms with Crippen LogP contribution in [0, 0.1) is 0 Å². The topological polar surface area (TPSA) is 26.3 Å². The van der Waals surface area contributed by atoms with E-state index in [9.17, 15) is 4.79 Å². The maximum absolute atomic E-state index is 10.8. The summed E-state index contributed by atoms with van der Waals surface area (Å²) in [5, 5.41) is 0.832. The zero-order valence-electron chi connectivity index (χ0n) is 8.59. The molecule has 0 saturated heterocycles. The van der Waals surface area contributed by atoms with Crippen LogP contribution in [0.2, 0.25) is 0 Å². The fourth-order valence-electron chi connectivity index (χ4n) is 1.67. The summed E-state index contributed by atoms with van der Waals surface area (Å²) in [6.07, 6.45) is 8.26. The minimum absolute atomic E-state index is 0.113. The first-order chi connectivity index (χ1) is 6.68. The van der Waals surface area contributed by atoms with Crippen molar-refractivity contribution in [1.82, 2.24) is 0 Å². The highest BCUT2D eigenvalue weighted by molar-refractivity contribution is 6.29. The van der Waals surface area contributed by atoms with Crippen LogP contribution in [0.1, 0.15) is 45.4 Å². The molecule has 0 heterocycles. The normalized spacial score (nSPS) is 24.1. The van der Waals surface area contributed by atoms with Crippen molar-refractivity contribution < 1.29 is 9.53 Å². The van der Waals surface area contributed by atoms with Crippen LogP contribution in [0.15, 0.2) is 11.1 Å². The molecule has 14 heavy (non-hydrogen) atoms. The fourth-order valence-corrected chi connectivity index (χ4v) is 1.94. The van der Waals surface area contributed by atoms with E-state index in [4.69, 9.17) is 16.3 Å². The van der Waals surface area contributed by atoms with Gasteiger partial charge in [0.05, 0.1) is 0 Å². The van der Waals surface area contributed by atoms with Gasteiger partial charge in [0.15, 0.2) is 0 Å². The van der Waals surface area contributed by atoms with Crippen LogP contribution in [0.25, 0.3) is 0 Å². The summed E-state index contributed by atoms with van der Waals surface area (Å²) in [7, 11) is 0. The van der Waals surface area contributed by atoms with Gasteiger partial charge in [0.2, 0.25) is 0 Å². The number of esters is 1. The predicted octanol–water partition coefficient (Wildman–Crippen LogP) is 3.40. The lowest BCUT2D eigenvalue weighted by Gasteiger charge is -2.12. The summed E-state index contributed by atoms with van der Waals surface area (Å²) >= 11 is 6.01. The first-order valence-electron chi connectivity index (χ1n) is 5.22. The van der Waals surface area contributed by atoms with Gasteiger partial charge in [0.25, 0.3) is 0 Å². The Hall–Kier alpha value is -0.500. The Labute approximate surface area is 90.3 Å². The molecule has 0 radical (unpaired) electrons. The van der Waals surface area contributed by atoms with Crippen molar-refractivity contribution >= 4 is 17.6 Å². The van der Waals surface area contributed by atoms with Gasteiger partial charge in [-0.2, -0.15) is 0 Å². The summed E-state index contributed by atoms with van der Waals surface area (Å²) in [6, 6.07) is 0. The Kier molecular flexibility index (Phi) is 5.02. The lowest BCUT2D eigenvalue weighted by molar-refractivity contribution is -0.144. The largest absolute Gasteiger partial charge is 0.458 e. The number of hydrogen-bond donors (Lipinski definition) is 0. The molecule has 80 valence electrons. The Balaban J connectivity index is 2.54. The van der Waals surface area contributed by atoms with Crippen molar-refractivity contribution in [2.24, 2.45) is 0 Å². The Morgan fingerprint density at radius 1 is 1.43 bits per heavy atom. The zero-order chi connectivity index (χ0) is 10.4. The van der Waals surface area contributed by atoms with E-state index in [-0.39, 0.29) is 12.1 Å². The van der Waals surface area contributed by atoms with Crippen LogP contribution in [0.4, 0.5) is 0 Å². The first kappa shape index (κ1) is 11.6. The lowest BCUT2D eigenvalue weighted by atomic mass is 10.1. The van der Waals surface area contributed by atoms with Crippen molar-refractivity contribution in [2.45, 2.75) is 51.6 Å². The molecule has 1 atom stereocenters. The summed E-state index contributed by atoms with van der Waals surface area (Å²) in [5.41, 5.74) is 0. The molecule has 1 unspecified atom stereocenters. The van der Waals surface area contributed by atoms with Crippen molar-refractivity contribution in [3.05, 3.63) is 11.1 Å². The second-order valence-corrected chi connectivity index (χ2v) is 4.20. The van der Waals surface area contributed by atoms with Gasteiger partial charge in [-0.15, -0.1) is 0 Å². The molecule has 0 aromatic rings. The maximum Gasteiger partial charge on any atom is 0.303 e. The molecule has 0 aliphatic heterocycles. The third kappa shape index (κ3) is 4.66. The standard InChI is InChI=1S/C11H17ClO2/c1-9(13)14-11-7-5-3-2-4-6-10(12)8-11/h8,11H,2-7H2,1H3. The molecule has 0 amide bonds. The average Bonchev–Trinajstić information content (AvgIpc) is 2.16. The van der Waals surface area contributed by atoms with Crippen LogP contribution in [-0.4, -0.2) is 12.1 Å². The molecule has 0 aromatic carbocycles. The molecule has 1 aliphatic rings. The van der Waals surface area contributed by atoms with Gasteiger partial charge in [-0.1, -0.05) is 24.4 Å². The molecule has 0 bridgehead atoms. The molecule has 0 N–H and O–H groups in total. The van der Waals surface area contributed by atoms with Crippen LogP contribution < -0.4 is 0 Å². The van der Waals surface area contributed by atoms with Gasteiger partial charge in [-0.3, -0.25) is 4.79 Å². The molecular weight excluding hydrogens is 200 g/mol. The summed E-state index contributed by atoms with van der Waals surface area (Å²) in [6.45, 7) is 1.44. The van der Waals surface area contributed by atoms with Gasteiger partial charge in [0.1, 0.15) is 6.10 Å². The number of rotatable bonds is 1. The summed E-state index contributed by atoms with van der Waals surface area (Å²) < 4.78 is 5.15. The molecule has 2 nitrogen and oxygen atoms in total. The second-order valence-electron chi connectivity index (χ2n) is 3.71. The van der Waals surface area contributed by atoms with Crippen molar-refractivity contribution in [3.63, 3.8) is 0 Å². The van der Waals surface area contributed by atoms with E-state index in [0.29, 0.717) is 0 Å². The number of allylic oxidation sites excluding steroid dienone is 1. The van der Waals surface area contributed by atoms with E-state index >= 15 is 0 Å². The minimum Gasteiger partial charge on any atom is -0.458 e. The van der Waals surface area contributed by atoms with Gasteiger partial charge >= 0.3 is 5.97 Å². The minimum atomic E-state index is -0.227. The summed E-state index contributed by atoms with van der Waals surface area (Å²) in [4.78, 5) is 10.8. The smallest absolute Gasteiger partial charge is 0.303 e. The number of carbonyl (C=O) groups excluding carboxylic acids is 1. The Bertz CT molecular complexity index is 223. The maximum atomic E-state index is 10.8. The highest BCUT2D eigenvalue weighted by atomic mass is 35.5. The van der Waals surface area contributed by atoms with Crippen LogP contribution >= 0.6 is 11.6 Å². The molecule has 0 aromatic heterocycles. The lowest BCUT2D eigenvalue weighted by Crippen LogP contribution is -2.13. The van der Waals surface area contributed by atoms with Crippen LogP contribution in [-0.2, 0) is 9.53 Å². The van der Waals surface area contributed by atoms with Crippen LogP contribution in [0.5, 0.6) is 0 Å². The molecule has 0 saturated carbocycles. The SMILES string of the molecule is CC(=O)OC1C=C(Cl)CCCCCC1. The van der Waals surface area contributed by atoms with Crippen LogP contribution in [0.3, 0.4) is 0 Å². The molecule has 1 rings (SSSR count). The molecule has 1 aliphatic carbocycles. The van der Waals surface area contributed by atoms with Crippen molar-refractivity contribution in [1.29, 1.82) is 0 Å². The van der Waals surface area contributed by atoms with E-state index in [1.807, 2.05) is 6.08 Å². The summed E-state index contributed by atoms with van der Waals surface area (Å²) in [5.74, 6) is -0.227. The quantitative estimate of drug-likeness (QED) is 0.628. The van der Waals surface area contributed by atoms with E-state index in [2.05, 4.69) is 0 Å². The highest BCUT2D eigenvalue weighted by Crippen LogP contribution is 2.21. The second kappa shape index (κ2) is 6.07. The molecule has 0 fully saturated rings. The first-order valence-corrected chi connectivity index (χ1v) is 5.59. The van der Waals surface area contributed by atoms with Gasteiger partial charge < -0.3 is 4.74 Å². The molecule has 0 spiro atoms. The van der Waals surface area contributed by atoms with Gasteiger partial charge in [-0.25, -0.2) is 0 Å². The van der Waals surface area contributed by atoms with Crippen molar-refractivity contribution in [3.8, 4) is 0 Å². The monoisotopic (exact) mass is 216 g/mol. The highest BCUT2D eigenvalue weighted by Gasteiger charge is 2.11. The zero-order valence-corrected chi connectivity index (χ0v) is 9.35. The van der Waals surface area contributed by atoms with Gasteiger partial charge in [-0.05, 0) is 31.8 Å². The number of hydrogen-bond acceptors (Lipinski definition) is 2. The number of halogens is 1. The van der Waals surface area contributed by atoms with Crippen molar-refractivity contribution in [2.75, 3.05) is 0 Å². The average molecular weight is 217 g/mol. The Morgan fingerprint density at radius 3 is 2.86 bits per heavy atom. The van der Waals surface area contributed by atoms with Gasteiger partial charge in [0, 0.05) is 12.0 Å². The van der Waals surface area contributed by atoms with E-state index in [1.54, 1.807) is 0 Å². The predicted molar refractivity (Wildman–Crippen MR) is 57.2 cm³/mol. The number of ether oxygens (including phenoxy) is 1. The third-order valence-electron chi connectivity index (χ3n) is 2.34. The fraction of sp³-hybridized carbons (Fsp3) is 0.727.